The van der Waals surface area contributed by atoms with Crippen LogP contribution in [0.25, 0.3) is 0 Å². The third kappa shape index (κ3) is 2.48. The molecule has 0 bridgehead atoms. The molecule has 1 saturated heterocycles. The molecule has 1 aromatic rings. The molecule has 2 heterocycles. The lowest BCUT2D eigenvalue weighted by Crippen LogP contribution is -2.27. The fraction of sp³-hybridized carbons (Fsp3) is 0.600. The Morgan fingerprint density at radius 1 is 1.61 bits per heavy atom. The number of nitrogens with one attached hydrogen (secondary N) is 2. The summed E-state index contributed by atoms with van der Waals surface area (Å²) in [7, 11) is 1.66. The van der Waals surface area contributed by atoms with Gasteiger partial charge in [-0.25, -0.2) is 4.98 Å². The number of rotatable bonds is 4. The van der Waals surface area contributed by atoms with Crippen molar-refractivity contribution in [2.24, 2.45) is 0 Å². The van der Waals surface area contributed by atoms with Crippen LogP contribution >= 0.6 is 0 Å². The topological polar surface area (TPSA) is 102 Å². The molecule has 0 spiro atoms. The van der Waals surface area contributed by atoms with Crippen LogP contribution in [0.1, 0.15) is 13.3 Å². The SMILES string of the molecule is CNc1ncc([N+](=O)[O-])c(NC2CCOC2C)n1. The zero-order valence-electron chi connectivity index (χ0n) is 10.2. The number of hydrogen-bond donors (Lipinski definition) is 2. The standard InChI is InChI=1S/C10H15N5O3/c1-6-7(3-4-18-6)13-9-8(15(16)17)5-12-10(11-2)14-9/h5-7H,3-4H2,1-2H3,(H2,11,12,13,14). The van der Waals surface area contributed by atoms with Crippen LogP contribution in [0, 0.1) is 10.1 Å². The molecular weight excluding hydrogens is 238 g/mol. The quantitative estimate of drug-likeness (QED) is 0.609. The van der Waals surface area contributed by atoms with Crippen molar-refractivity contribution >= 4 is 17.5 Å². The molecule has 2 rings (SSSR count). The molecule has 0 amide bonds. The Labute approximate surface area is 104 Å². The van der Waals surface area contributed by atoms with Gasteiger partial charge in [0.05, 0.1) is 17.1 Å². The zero-order valence-corrected chi connectivity index (χ0v) is 10.2. The Morgan fingerprint density at radius 2 is 2.39 bits per heavy atom. The van der Waals surface area contributed by atoms with Crippen LogP contribution in [-0.4, -0.2) is 40.7 Å². The summed E-state index contributed by atoms with van der Waals surface area (Å²) in [4.78, 5) is 18.3. The number of nitrogens with zero attached hydrogens (tertiary/aromatic N) is 3. The highest BCUT2D eigenvalue weighted by molar-refractivity contribution is 5.57. The molecule has 2 N–H and O–H groups in total. The van der Waals surface area contributed by atoms with Crippen molar-refractivity contribution in [2.75, 3.05) is 24.3 Å². The van der Waals surface area contributed by atoms with E-state index in [0.29, 0.717) is 12.6 Å². The Balaban J connectivity index is 2.25. The van der Waals surface area contributed by atoms with Gasteiger partial charge in [0.1, 0.15) is 6.20 Å². The summed E-state index contributed by atoms with van der Waals surface area (Å²) in [6, 6.07) is 0.0308. The summed E-state index contributed by atoms with van der Waals surface area (Å²) in [6.07, 6.45) is 2.01. The smallest absolute Gasteiger partial charge is 0.329 e. The maximum Gasteiger partial charge on any atom is 0.329 e. The Kier molecular flexibility index (Phi) is 3.56. The summed E-state index contributed by atoms with van der Waals surface area (Å²) in [5, 5.41) is 16.7. The van der Waals surface area contributed by atoms with Gasteiger partial charge in [0, 0.05) is 13.7 Å². The lowest BCUT2D eigenvalue weighted by atomic mass is 10.1. The van der Waals surface area contributed by atoms with Crippen LogP contribution in [-0.2, 0) is 4.74 Å². The van der Waals surface area contributed by atoms with Gasteiger partial charge in [-0.05, 0) is 13.3 Å². The number of aromatic nitrogens is 2. The molecule has 0 aliphatic carbocycles. The van der Waals surface area contributed by atoms with E-state index >= 15 is 0 Å². The van der Waals surface area contributed by atoms with Crippen molar-refractivity contribution in [2.45, 2.75) is 25.5 Å². The molecule has 0 aromatic carbocycles. The van der Waals surface area contributed by atoms with Gasteiger partial charge in [-0.1, -0.05) is 0 Å². The minimum absolute atomic E-state index is 0.0117. The molecular formula is C10H15N5O3. The van der Waals surface area contributed by atoms with Crippen LogP contribution in [0.3, 0.4) is 0 Å². The Bertz CT molecular complexity index is 453. The summed E-state index contributed by atoms with van der Waals surface area (Å²) in [5.41, 5.74) is -0.131. The fourth-order valence-electron chi connectivity index (χ4n) is 1.83. The lowest BCUT2D eigenvalue weighted by molar-refractivity contribution is -0.384. The van der Waals surface area contributed by atoms with Gasteiger partial charge in [-0.15, -0.1) is 0 Å². The van der Waals surface area contributed by atoms with Gasteiger partial charge < -0.3 is 15.4 Å². The Morgan fingerprint density at radius 3 is 2.94 bits per heavy atom. The van der Waals surface area contributed by atoms with Crippen LogP contribution in [0.15, 0.2) is 6.20 Å². The normalized spacial score (nSPS) is 22.8. The molecule has 8 heteroatoms. The zero-order chi connectivity index (χ0) is 13.1. The van der Waals surface area contributed by atoms with E-state index in [4.69, 9.17) is 4.74 Å². The van der Waals surface area contributed by atoms with Crippen molar-refractivity contribution in [3.8, 4) is 0 Å². The predicted molar refractivity (Wildman–Crippen MR) is 65.7 cm³/mol. The molecule has 18 heavy (non-hydrogen) atoms. The number of anilines is 2. The van der Waals surface area contributed by atoms with E-state index < -0.39 is 4.92 Å². The highest BCUT2D eigenvalue weighted by atomic mass is 16.6. The maximum atomic E-state index is 10.9. The Hall–Kier alpha value is -1.96. The minimum Gasteiger partial charge on any atom is -0.376 e. The number of ether oxygens (including phenoxy) is 1. The molecule has 0 radical (unpaired) electrons. The van der Waals surface area contributed by atoms with E-state index in [-0.39, 0.29) is 23.7 Å². The third-order valence-electron chi connectivity index (χ3n) is 2.89. The first-order chi connectivity index (χ1) is 8.61. The molecule has 0 saturated carbocycles. The van der Waals surface area contributed by atoms with Crippen molar-refractivity contribution in [1.82, 2.24) is 9.97 Å². The highest BCUT2D eigenvalue weighted by Crippen LogP contribution is 2.25. The van der Waals surface area contributed by atoms with E-state index in [9.17, 15) is 10.1 Å². The molecule has 1 aliphatic rings. The van der Waals surface area contributed by atoms with Gasteiger partial charge in [-0.2, -0.15) is 4.98 Å². The van der Waals surface area contributed by atoms with Gasteiger partial charge in [0.2, 0.25) is 11.8 Å². The first-order valence-electron chi connectivity index (χ1n) is 5.69. The van der Waals surface area contributed by atoms with Crippen LogP contribution < -0.4 is 10.6 Å². The molecule has 2 unspecified atom stereocenters. The van der Waals surface area contributed by atoms with E-state index in [0.717, 1.165) is 6.42 Å². The fourth-order valence-corrected chi connectivity index (χ4v) is 1.83. The molecule has 1 aromatic heterocycles. The average Bonchev–Trinajstić information content (AvgIpc) is 2.74. The van der Waals surface area contributed by atoms with Crippen LogP contribution in [0.4, 0.5) is 17.5 Å². The van der Waals surface area contributed by atoms with Gasteiger partial charge in [0.15, 0.2) is 0 Å². The summed E-state index contributed by atoms with van der Waals surface area (Å²) < 4.78 is 5.40. The van der Waals surface area contributed by atoms with Gasteiger partial charge >= 0.3 is 5.69 Å². The third-order valence-corrected chi connectivity index (χ3v) is 2.89. The largest absolute Gasteiger partial charge is 0.376 e. The first-order valence-corrected chi connectivity index (χ1v) is 5.69. The summed E-state index contributed by atoms with van der Waals surface area (Å²) in [6.45, 7) is 2.58. The van der Waals surface area contributed by atoms with E-state index in [1.54, 1.807) is 7.05 Å². The van der Waals surface area contributed by atoms with Crippen molar-refractivity contribution in [3.05, 3.63) is 16.3 Å². The lowest BCUT2D eigenvalue weighted by Gasteiger charge is -2.16. The van der Waals surface area contributed by atoms with Crippen molar-refractivity contribution in [1.29, 1.82) is 0 Å². The second-order valence-electron chi connectivity index (χ2n) is 4.05. The molecule has 1 fully saturated rings. The maximum absolute atomic E-state index is 10.9. The average molecular weight is 253 g/mol. The molecule has 2 atom stereocenters. The second-order valence-corrected chi connectivity index (χ2v) is 4.05. The number of nitro groups is 1. The van der Waals surface area contributed by atoms with E-state index in [1.165, 1.54) is 6.20 Å². The highest BCUT2D eigenvalue weighted by Gasteiger charge is 2.27. The van der Waals surface area contributed by atoms with E-state index in [2.05, 4.69) is 20.6 Å². The van der Waals surface area contributed by atoms with Crippen LogP contribution in [0.2, 0.25) is 0 Å². The monoisotopic (exact) mass is 253 g/mol. The predicted octanol–water partition coefficient (Wildman–Crippen LogP) is 1.02. The first kappa shape index (κ1) is 12.5. The van der Waals surface area contributed by atoms with Crippen molar-refractivity contribution < 1.29 is 9.66 Å². The second kappa shape index (κ2) is 5.13. The summed E-state index contributed by atoms with van der Waals surface area (Å²) in [5.74, 6) is 0.566. The molecule has 8 nitrogen and oxygen atoms in total. The van der Waals surface area contributed by atoms with Gasteiger partial charge in [-0.3, -0.25) is 10.1 Å². The molecule has 1 aliphatic heterocycles. The van der Waals surface area contributed by atoms with Gasteiger partial charge in [0.25, 0.3) is 0 Å². The summed E-state index contributed by atoms with van der Waals surface area (Å²) >= 11 is 0. The van der Waals surface area contributed by atoms with Crippen molar-refractivity contribution in [3.63, 3.8) is 0 Å². The number of hydrogen-bond acceptors (Lipinski definition) is 7. The van der Waals surface area contributed by atoms with Crippen LogP contribution in [0.5, 0.6) is 0 Å². The minimum atomic E-state index is -0.498. The molecule has 98 valence electrons. The van der Waals surface area contributed by atoms with E-state index in [1.807, 2.05) is 6.92 Å².